The van der Waals surface area contributed by atoms with Gasteiger partial charge in [-0.3, -0.25) is 9.80 Å². The van der Waals surface area contributed by atoms with Crippen LogP contribution >= 0.6 is 23.2 Å². The molecule has 4 rings (SSSR count). The fourth-order valence-corrected chi connectivity index (χ4v) is 4.67. The first-order chi connectivity index (χ1) is 15.4. The smallest absolute Gasteiger partial charge is 0.330 e. The van der Waals surface area contributed by atoms with Gasteiger partial charge >= 0.3 is 6.03 Å². The van der Waals surface area contributed by atoms with Crippen molar-refractivity contribution in [2.75, 3.05) is 23.5 Å². The lowest BCUT2D eigenvalue weighted by Gasteiger charge is -2.38. The van der Waals surface area contributed by atoms with E-state index in [4.69, 9.17) is 27.9 Å². The van der Waals surface area contributed by atoms with Crippen molar-refractivity contribution in [3.8, 4) is 6.07 Å². The maximum Gasteiger partial charge on any atom is 0.330 e. The Morgan fingerprint density at radius 3 is 2.16 bits per heavy atom. The highest BCUT2D eigenvalue weighted by Crippen LogP contribution is 2.48. The summed E-state index contributed by atoms with van der Waals surface area (Å²) in [6.07, 6.45) is 0. The Balaban J connectivity index is 1.95. The second kappa shape index (κ2) is 8.84. The summed E-state index contributed by atoms with van der Waals surface area (Å²) in [5.41, 5.74) is 1.98. The number of rotatable bonds is 5. The number of hydrogen-bond donors (Lipinski definition) is 0. The molecule has 0 aliphatic carbocycles. The fraction of sp³-hybridized carbons (Fsp3) is 0.200. The van der Waals surface area contributed by atoms with Crippen molar-refractivity contribution in [3.05, 3.63) is 94.0 Å². The first-order valence-corrected chi connectivity index (χ1v) is 10.8. The lowest BCUT2D eigenvalue weighted by Crippen LogP contribution is -2.49. The van der Waals surface area contributed by atoms with Crippen molar-refractivity contribution in [3.63, 3.8) is 0 Å². The van der Waals surface area contributed by atoms with Gasteiger partial charge in [0.2, 0.25) is 0 Å². The summed E-state index contributed by atoms with van der Waals surface area (Å²) in [5, 5.41) is 10.6. The average molecular weight is 466 g/mol. The van der Waals surface area contributed by atoms with Crippen LogP contribution in [0.1, 0.15) is 24.1 Å². The number of carbonyl (C=O) groups excluding carboxylic acids is 1. The minimum atomic E-state index is -0.784. The highest BCUT2D eigenvalue weighted by atomic mass is 35.5. The van der Waals surface area contributed by atoms with E-state index in [1.807, 2.05) is 49.4 Å². The maximum atomic E-state index is 14.0. The minimum Gasteiger partial charge on any atom is -0.382 e. The van der Waals surface area contributed by atoms with E-state index in [0.29, 0.717) is 27.0 Å². The highest BCUT2D eigenvalue weighted by molar-refractivity contribution is 6.31. The zero-order valence-electron chi connectivity index (χ0n) is 17.6. The average Bonchev–Trinajstić information content (AvgIpc) is 3.02. The van der Waals surface area contributed by atoms with Crippen LogP contribution in [-0.2, 0) is 4.74 Å². The minimum absolute atomic E-state index is 0.207. The van der Waals surface area contributed by atoms with E-state index in [1.54, 1.807) is 47.2 Å². The highest BCUT2D eigenvalue weighted by Gasteiger charge is 2.56. The molecule has 32 heavy (non-hydrogen) atoms. The predicted octanol–water partition coefficient (Wildman–Crippen LogP) is 6.46. The normalized spacial score (nSPS) is 20.5. The number of nitrogens with zero attached hydrogens (tertiary/aromatic N) is 3. The monoisotopic (exact) mass is 465 g/mol. The van der Waals surface area contributed by atoms with Crippen LogP contribution in [0.3, 0.4) is 0 Å². The third-order valence-electron chi connectivity index (χ3n) is 5.71. The van der Waals surface area contributed by atoms with Gasteiger partial charge in [0.25, 0.3) is 0 Å². The van der Waals surface area contributed by atoms with Gasteiger partial charge < -0.3 is 4.74 Å². The van der Waals surface area contributed by atoms with E-state index in [1.165, 1.54) is 0 Å². The van der Waals surface area contributed by atoms with Crippen molar-refractivity contribution in [2.24, 2.45) is 0 Å². The van der Waals surface area contributed by atoms with Gasteiger partial charge in [-0.1, -0.05) is 35.3 Å². The van der Waals surface area contributed by atoms with Gasteiger partial charge in [0.15, 0.2) is 0 Å². The number of benzene rings is 3. The molecule has 5 nitrogen and oxygen atoms in total. The van der Waals surface area contributed by atoms with Gasteiger partial charge in [-0.05, 0) is 73.2 Å². The van der Waals surface area contributed by atoms with Crippen molar-refractivity contribution in [2.45, 2.75) is 18.5 Å². The molecule has 7 heteroatoms. The van der Waals surface area contributed by atoms with E-state index in [-0.39, 0.29) is 12.6 Å². The van der Waals surface area contributed by atoms with Crippen LogP contribution in [0.15, 0.2) is 72.8 Å². The molecule has 3 aromatic rings. The third kappa shape index (κ3) is 3.82. The summed E-state index contributed by atoms with van der Waals surface area (Å²) in [6.45, 7) is 2.26. The second-order valence-corrected chi connectivity index (χ2v) is 8.74. The molecule has 1 heterocycles. The standard InChI is InChI=1S/C25H21Cl2N3O2/c1-25(16-32-2)23(18-5-3-4-17(14-18)15-28)29(21-10-6-19(26)7-11-21)24(31)30(25)22-12-8-20(27)9-13-22/h3-14,23H,16H2,1-2H3/t23-,25+/m1/s1. The van der Waals surface area contributed by atoms with Crippen LogP contribution < -0.4 is 9.80 Å². The molecular weight excluding hydrogens is 445 g/mol. The quantitative estimate of drug-likeness (QED) is 0.434. The number of methoxy groups -OCH3 is 1. The van der Waals surface area contributed by atoms with E-state index >= 15 is 0 Å². The molecule has 162 valence electrons. The molecule has 0 N–H and O–H groups in total. The summed E-state index contributed by atoms with van der Waals surface area (Å²) in [5.74, 6) is 0. The SMILES string of the molecule is COC[C@@]1(C)[C@@H](c2cccc(C#N)c2)N(c2ccc(Cl)cc2)C(=O)N1c1ccc(Cl)cc1. The van der Waals surface area contributed by atoms with Crippen molar-refractivity contribution in [1.29, 1.82) is 5.26 Å². The van der Waals surface area contributed by atoms with E-state index in [2.05, 4.69) is 6.07 Å². The lowest BCUT2D eigenvalue weighted by atomic mass is 9.86. The molecule has 0 aromatic heterocycles. The Morgan fingerprint density at radius 2 is 1.59 bits per heavy atom. The first kappa shape index (κ1) is 22.2. The summed E-state index contributed by atoms with van der Waals surface area (Å²) in [6, 6.07) is 23.2. The summed E-state index contributed by atoms with van der Waals surface area (Å²) < 4.78 is 5.63. The van der Waals surface area contributed by atoms with Crippen LogP contribution in [0.2, 0.25) is 10.0 Å². The molecule has 0 saturated carbocycles. The molecule has 0 unspecified atom stereocenters. The van der Waals surface area contributed by atoms with Crippen molar-refractivity contribution < 1.29 is 9.53 Å². The first-order valence-electron chi connectivity index (χ1n) is 10.0. The Kier molecular flexibility index (Phi) is 6.12. The number of anilines is 2. The summed E-state index contributed by atoms with van der Waals surface area (Å²) in [7, 11) is 1.61. The lowest BCUT2D eigenvalue weighted by molar-refractivity contribution is 0.134. The maximum absolute atomic E-state index is 14.0. The summed E-state index contributed by atoms with van der Waals surface area (Å²) in [4.78, 5) is 17.4. The molecule has 0 spiro atoms. The van der Waals surface area contributed by atoms with E-state index < -0.39 is 11.6 Å². The number of urea groups is 1. The van der Waals surface area contributed by atoms with Gasteiger partial charge in [0.1, 0.15) is 0 Å². The zero-order chi connectivity index (χ0) is 22.9. The number of carbonyl (C=O) groups is 1. The van der Waals surface area contributed by atoms with Crippen LogP contribution in [0.25, 0.3) is 0 Å². The molecule has 0 radical (unpaired) electrons. The molecule has 1 saturated heterocycles. The van der Waals surface area contributed by atoms with Gasteiger partial charge in [0, 0.05) is 28.5 Å². The Morgan fingerprint density at radius 1 is 1.00 bits per heavy atom. The van der Waals surface area contributed by atoms with Gasteiger partial charge in [-0.25, -0.2) is 4.79 Å². The van der Waals surface area contributed by atoms with Crippen LogP contribution in [0.4, 0.5) is 16.2 Å². The zero-order valence-corrected chi connectivity index (χ0v) is 19.1. The Bertz CT molecular complexity index is 1180. The fourth-order valence-electron chi connectivity index (χ4n) is 4.42. The van der Waals surface area contributed by atoms with Gasteiger partial charge in [-0.15, -0.1) is 0 Å². The number of nitriles is 1. The number of ether oxygens (including phenoxy) is 1. The topological polar surface area (TPSA) is 56.6 Å². The molecule has 1 aliphatic rings. The van der Waals surface area contributed by atoms with Crippen molar-refractivity contribution in [1.82, 2.24) is 0 Å². The van der Waals surface area contributed by atoms with Crippen LogP contribution in [0, 0.1) is 11.3 Å². The Labute approximate surface area is 197 Å². The van der Waals surface area contributed by atoms with E-state index in [0.717, 1.165) is 5.56 Å². The number of hydrogen-bond acceptors (Lipinski definition) is 3. The number of amides is 2. The molecule has 3 aromatic carbocycles. The van der Waals surface area contributed by atoms with Gasteiger partial charge in [-0.2, -0.15) is 5.26 Å². The molecule has 2 atom stereocenters. The van der Waals surface area contributed by atoms with Crippen LogP contribution in [0.5, 0.6) is 0 Å². The van der Waals surface area contributed by atoms with Crippen LogP contribution in [-0.4, -0.2) is 25.3 Å². The molecular formula is C25H21Cl2N3O2. The van der Waals surface area contributed by atoms with Crippen molar-refractivity contribution >= 4 is 40.6 Å². The molecule has 1 fully saturated rings. The second-order valence-electron chi connectivity index (χ2n) is 7.87. The van der Waals surface area contributed by atoms with Gasteiger partial charge in [0.05, 0.1) is 29.8 Å². The summed E-state index contributed by atoms with van der Waals surface area (Å²) >= 11 is 12.2. The Hall–Kier alpha value is -3.04. The number of halogens is 2. The van der Waals surface area contributed by atoms with E-state index in [9.17, 15) is 10.1 Å². The molecule has 2 amide bonds. The largest absolute Gasteiger partial charge is 0.382 e. The molecule has 1 aliphatic heterocycles. The predicted molar refractivity (Wildman–Crippen MR) is 127 cm³/mol. The third-order valence-corrected chi connectivity index (χ3v) is 6.22. The molecule has 0 bridgehead atoms.